The average Bonchev–Trinajstić information content (AvgIpc) is 2.99. The zero-order valence-corrected chi connectivity index (χ0v) is 15.6. The van der Waals surface area contributed by atoms with Gasteiger partial charge in [0.25, 0.3) is 0 Å². The molecule has 0 amide bonds. The molecule has 25 heavy (non-hydrogen) atoms. The molecule has 0 spiro atoms. The molecule has 3 rings (SSSR count). The first-order valence-corrected chi connectivity index (χ1v) is 9.78. The first kappa shape index (κ1) is 17.7. The van der Waals surface area contributed by atoms with Crippen molar-refractivity contribution in [3.05, 3.63) is 83.5 Å². The number of unbranched alkanes of at least 4 members (excludes halogenated alkanes) is 3. The lowest BCUT2D eigenvalue weighted by molar-refractivity contribution is 0.748. The zero-order valence-electron chi connectivity index (χ0n) is 15.6. The Balaban J connectivity index is 1.65. The average molecular weight is 331 g/mol. The van der Waals surface area contributed by atoms with E-state index in [4.69, 9.17) is 0 Å². The molecule has 0 atom stereocenters. The predicted molar refractivity (Wildman–Crippen MR) is 110 cm³/mol. The van der Waals surface area contributed by atoms with E-state index in [1.54, 1.807) is 0 Å². The number of allylic oxidation sites excluding steroid dienone is 3. The van der Waals surface area contributed by atoms with Gasteiger partial charge in [0.2, 0.25) is 0 Å². The molecule has 0 saturated heterocycles. The van der Waals surface area contributed by atoms with Gasteiger partial charge in [-0.25, -0.2) is 0 Å². The second-order valence-electron chi connectivity index (χ2n) is 7.16. The van der Waals surface area contributed by atoms with Crippen LogP contribution < -0.4 is 0 Å². The van der Waals surface area contributed by atoms with Crippen molar-refractivity contribution in [3.63, 3.8) is 0 Å². The van der Waals surface area contributed by atoms with Crippen LogP contribution in [0.2, 0.25) is 0 Å². The van der Waals surface area contributed by atoms with Crippen LogP contribution in [-0.2, 0) is 19.3 Å². The van der Waals surface area contributed by atoms with Crippen LogP contribution in [0.15, 0.2) is 61.2 Å². The third-order valence-corrected chi connectivity index (χ3v) is 5.21. The number of hydrogen-bond donors (Lipinski definition) is 0. The minimum absolute atomic E-state index is 1.11. The molecule has 0 saturated carbocycles. The van der Waals surface area contributed by atoms with Crippen molar-refractivity contribution in [1.82, 2.24) is 0 Å². The Hall–Kier alpha value is -2.08. The minimum Gasteiger partial charge on any atom is -0.103 e. The number of benzene rings is 2. The lowest BCUT2D eigenvalue weighted by Crippen LogP contribution is -1.89. The second-order valence-corrected chi connectivity index (χ2v) is 7.16. The van der Waals surface area contributed by atoms with Crippen LogP contribution in [0.5, 0.6) is 0 Å². The molecule has 0 unspecified atom stereocenters. The van der Waals surface area contributed by atoms with E-state index in [1.165, 1.54) is 71.9 Å². The van der Waals surface area contributed by atoms with Crippen molar-refractivity contribution in [1.29, 1.82) is 0 Å². The van der Waals surface area contributed by atoms with Gasteiger partial charge in [0.05, 0.1) is 0 Å². The topological polar surface area (TPSA) is 0 Å². The molecule has 2 aromatic rings. The van der Waals surface area contributed by atoms with Gasteiger partial charge in [0.15, 0.2) is 0 Å². The van der Waals surface area contributed by atoms with E-state index >= 15 is 0 Å². The standard InChI is InChI=1S/C25H30/c1-3-5-7-9-11-20-13-15-24-22(17-20)19-23-18-21(14-16-25(23)24)12-10-8-6-4-2/h3-4,6,13-18H,1,5,7-12,19H2,2H3/b6-4+. The SMILES string of the molecule is C=CCCCCc1ccc2c(c1)Cc1cc(CCC/C=C/C)ccc1-2. The van der Waals surface area contributed by atoms with Gasteiger partial charge in [-0.15, -0.1) is 6.58 Å². The molecule has 0 heterocycles. The van der Waals surface area contributed by atoms with E-state index in [0.717, 1.165) is 12.8 Å². The van der Waals surface area contributed by atoms with Crippen molar-refractivity contribution < 1.29 is 0 Å². The molecule has 130 valence electrons. The van der Waals surface area contributed by atoms with Crippen LogP contribution in [0.25, 0.3) is 11.1 Å². The van der Waals surface area contributed by atoms with Gasteiger partial charge in [0.1, 0.15) is 0 Å². The fourth-order valence-corrected chi connectivity index (χ4v) is 3.84. The maximum Gasteiger partial charge on any atom is -0.00133 e. The summed E-state index contributed by atoms with van der Waals surface area (Å²) >= 11 is 0. The first-order valence-electron chi connectivity index (χ1n) is 9.78. The van der Waals surface area contributed by atoms with Crippen LogP contribution in [0.4, 0.5) is 0 Å². The molecule has 0 nitrogen and oxygen atoms in total. The van der Waals surface area contributed by atoms with Crippen LogP contribution in [-0.4, -0.2) is 0 Å². The van der Waals surface area contributed by atoms with Gasteiger partial charge in [-0.1, -0.05) is 54.6 Å². The molecular formula is C25H30. The summed E-state index contributed by atoms with van der Waals surface area (Å²) in [4.78, 5) is 0. The van der Waals surface area contributed by atoms with Crippen molar-refractivity contribution in [2.75, 3.05) is 0 Å². The highest BCUT2D eigenvalue weighted by Gasteiger charge is 2.18. The van der Waals surface area contributed by atoms with E-state index in [9.17, 15) is 0 Å². The fourth-order valence-electron chi connectivity index (χ4n) is 3.84. The Morgan fingerprint density at radius 3 is 2.08 bits per heavy atom. The van der Waals surface area contributed by atoms with Gasteiger partial charge >= 0.3 is 0 Å². The largest absolute Gasteiger partial charge is 0.103 e. The van der Waals surface area contributed by atoms with Crippen molar-refractivity contribution in [2.24, 2.45) is 0 Å². The van der Waals surface area contributed by atoms with E-state index in [1.807, 2.05) is 6.08 Å². The Labute approximate surface area is 153 Å². The Morgan fingerprint density at radius 2 is 1.48 bits per heavy atom. The minimum atomic E-state index is 1.11. The van der Waals surface area contributed by atoms with Crippen molar-refractivity contribution in [3.8, 4) is 11.1 Å². The number of rotatable bonds is 9. The lowest BCUT2D eigenvalue weighted by atomic mass is 9.99. The van der Waals surface area contributed by atoms with Gasteiger partial charge < -0.3 is 0 Å². The van der Waals surface area contributed by atoms with E-state index in [2.05, 4.69) is 62.1 Å². The summed E-state index contributed by atoms with van der Waals surface area (Å²) < 4.78 is 0. The molecule has 0 fully saturated rings. The second kappa shape index (κ2) is 8.85. The maximum absolute atomic E-state index is 3.81. The number of aryl methyl sites for hydroxylation is 2. The third kappa shape index (κ3) is 4.51. The molecule has 1 aliphatic rings. The number of hydrogen-bond acceptors (Lipinski definition) is 0. The maximum atomic E-state index is 3.81. The third-order valence-electron chi connectivity index (χ3n) is 5.21. The highest BCUT2D eigenvalue weighted by atomic mass is 14.2. The molecule has 0 radical (unpaired) electrons. The quantitative estimate of drug-likeness (QED) is 0.291. The van der Waals surface area contributed by atoms with Crippen LogP contribution in [0.1, 0.15) is 61.3 Å². The fraction of sp³-hybridized carbons (Fsp3) is 0.360. The Kier molecular flexibility index (Phi) is 6.28. The molecule has 1 aliphatic carbocycles. The molecule has 0 heteroatoms. The normalized spacial score (nSPS) is 12.4. The van der Waals surface area contributed by atoms with Crippen molar-refractivity contribution in [2.45, 2.75) is 58.3 Å². The molecule has 0 aliphatic heterocycles. The lowest BCUT2D eigenvalue weighted by Gasteiger charge is -2.06. The van der Waals surface area contributed by atoms with Crippen LogP contribution in [0, 0.1) is 0 Å². The summed E-state index contributed by atoms with van der Waals surface area (Å²) in [6.45, 7) is 5.90. The van der Waals surface area contributed by atoms with Gasteiger partial charge in [0, 0.05) is 0 Å². The highest BCUT2D eigenvalue weighted by Crippen LogP contribution is 2.37. The monoisotopic (exact) mass is 330 g/mol. The summed E-state index contributed by atoms with van der Waals surface area (Å²) in [5.74, 6) is 0. The zero-order chi connectivity index (χ0) is 17.5. The van der Waals surface area contributed by atoms with Gasteiger partial charge in [-0.3, -0.25) is 0 Å². The summed E-state index contributed by atoms with van der Waals surface area (Å²) in [5.41, 5.74) is 8.91. The summed E-state index contributed by atoms with van der Waals surface area (Å²) in [6.07, 6.45) is 16.0. The molecular weight excluding hydrogens is 300 g/mol. The van der Waals surface area contributed by atoms with E-state index in [-0.39, 0.29) is 0 Å². The summed E-state index contributed by atoms with van der Waals surface area (Å²) in [5, 5.41) is 0. The van der Waals surface area contributed by atoms with Gasteiger partial charge in [-0.05, 0) is 91.7 Å². The molecule has 0 aromatic heterocycles. The highest BCUT2D eigenvalue weighted by molar-refractivity contribution is 5.77. The van der Waals surface area contributed by atoms with E-state index < -0.39 is 0 Å². The molecule has 0 N–H and O–H groups in total. The van der Waals surface area contributed by atoms with Crippen LogP contribution >= 0.6 is 0 Å². The summed E-state index contributed by atoms with van der Waals surface area (Å²) in [6, 6.07) is 14.2. The van der Waals surface area contributed by atoms with Gasteiger partial charge in [-0.2, -0.15) is 0 Å². The number of fused-ring (bicyclic) bond motifs is 3. The Bertz CT molecular complexity index is 749. The van der Waals surface area contributed by atoms with Crippen molar-refractivity contribution >= 4 is 0 Å². The van der Waals surface area contributed by atoms with Crippen LogP contribution in [0.3, 0.4) is 0 Å². The van der Waals surface area contributed by atoms with E-state index in [0.29, 0.717) is 0 Å². The molecule has 2 aromatic carbocycles. The molecule has 0 bridgehead atoms. The predicted octanol–water partition coefficient (Wildman–Crippen LogP) is 7.06. The smallest absolute Gasteiger partial charge is 0.00133 e. The first-order chi connectivity index (χ1) is 12.3. The Morgan fingerprint density at radius 1 is 0.840 bits per heavy atom. The summed E-state index contributed by atoms with van der Waals surface area (Å²) in [7, 11) is 0.